The third kappa shape index (κ3) is 70.5. The summed E-state index contributed by atoms with van der Waals surface area (Å²) in [6, 6.07) is 0.636. The van der Waals surface area contributed by atoms with E-state index in [1.165, 1.54) is 6.42 Å². The number of amides is 2. The number of carbonyl (C=O) groups excluding carboxylic acids is 2. The summed E-state index contributed by atoms with van der Waals surface area (Å²) >= 11 is 0. The summed E-state index contributed by atoms with van der Waals surface area (Å²) in [6.45, 7) is 45.9. The van der Waals surface area contributed by atoms with Crippen LogP contribution >= 0.6 is 0 Å². The Balaban J connectivity index is -0.000000150. The van der Waals surface area contributed by atoms with Gasteiger partial charge < -0.3 is 25.4 Å². The van der Waals surface area contributed by atoms with Crippen molar-refractivity contribution in [3.05, 3.63) is 0 Å². The van der Waals surface area contributed by atoms with Crippen LogP contribution in [0.1, 0.15) is 145 Å². The Morgan fingerprint density at radius 1 is 0.489 bits per heavy atom. The molecule has 0 fully saturated rings. The van der Waals surface area contributed by atoms with Crippen molar-refractivity contribution in [1.82, 2.24) is 16.0 Å². The van der Waals surface area contributed by atoms with Gasteiger partial charge in [0.15, 0.2) is 0 Å². The van der Waals surface area contributed by atoms with Crippen LogP contribution in [0.25, 0.3) is 0 Å². The fraction of sp³-hybridized carbons (Fsp3) is 0.947. The molecule has 0 radical (unpaired) electrons. The van der Waals surface area contributed by atoms with Crippen LogP contribution in [0.2, 0.25) is 0 Å². The second kappa shape index (κ2) is 35.7. The molecule has 0 aliphatic rings. The number of hydrogen-bond acceptors (Lipinski definition) is 5. The Bertz CT molecular complexity index is 562. The first-order valence-electron chi connectivity index (χ1n) is 17.9. The average Bonchev–Trinajstić information content (AvgIpc) is 2.87. The molecule has 0 rings (SSSR count). The first kappa shape index (κ1) is 53.3. The maximum Gasteiger partial charge on any atom is 0.246 e. The molecule has 0 heterocycles. The Morgan fingerprint density at radius 2 is 0.889 bits per heavy atom. The molecule has 7 nitrogen and oxygen atoms in total. The van der Waals surface area contributed by atoms with Gasteiger partial charge in [0.05, 0.1) is 12.2 Å². The van der Waals surface area contributed by atoms with Gasteiger partial charge in [-0.2, -0.15) is 0 Å². The minimum Gasteiger partial charge on any atom is -0.379 e. The average molecular weight is 648 g/mol. The van der Waals surface area contributed by atoms with Crippen molar-refractivity contribution in [2.24, 2.45) is 41.4 Å². The highest BCUT2D eigenvalue weighted by Crippen LogP contribution is 2.08. The second-order valence-electron chi connectivity index (χ2n) is 15.6. The topological polar surface area (TPSA) is 88.7 Å². The van der Waals surface area contributed by atoms with Gasteiger partial charge in [-0.3, -0.25) is 9.59 Å². The Labute approximate surface area is 283 Å². The molecular weight excluding hydrogens is 562 g/mol. The first-order valence-corrected chi connectivity index (χ1v) is 17.9. The molecule has 0 atom stereocenters. The molecule has 0 aliphatic heterocycles. The van der Waals surface area contributed by atoms with E-state index >= 15 is 0 Å². The van der Waals surface area contributed by atoms with E-state index in [1.807, 2.05) is 27.7 Å². The zero-order valence-corrected chi connectivity index (χ0v) is 34.1. The zero-order chi connectivity index (χ0) is 36.7. The van der Waals surface area contributed by atoms with Gasteiger partial charge in [0, 0.05) is 31.7 Å². The summed E-state index contributed by atoms with van der Waals surface area (Å²) < 4.78 is 10.4. The van der Waals surface area contributed by atoms with Gasteiger partial charge >= 0.3 is 0 Å². The second-order valence-corrected chi connectivity index (χ2v) is 15.6. The molecule has 0 aromatic carbocycles. The fourth-order valence-corrected chi connectivity index (χ4v) is 2.92. The highest BCUT2D eigenvalue weighted by atomic mass is 16.5. The van der Waals surface area contributed by atoms with Gasteiger partial charge in [0.2, 0.25) is 11.8 Å². The maximum atomic E-state index is 11.0. The van der Waals surface area contributed by atoms with Crippen molar-refractivity contribution in [2.45, 2.75) is 163 Å². The van der Waals surface area contributed by atoms with Crippen molar-refractivity contribution in [3.8, 4) is 0 Å². The van der Waals surface area contributed by atoms with Gasteiger partial charge in [-0.15, -0.1) is 0 Å². The van der Waals surface area contributed by atoms with Gasteiger partial charge in [-0.25, -0.2) is 0 Å². The van der Waals surface area contributed by atoms with E-state index in [1.54, 1.807) is 0 Å². The lowest BCUT2D eigenvalue weighted by Crippen LogP contribution is -2.31. The molecule has 45 heavy (non-hydrogen) atoms. The van der Waals surface area contributed by atoms with E-state index in [2.05, 4.69) is 127 Å². The molecule has 0 saturated heterocycles. The van der Waals surface area contributed by atoms with Crippen LogP contribution in [0.3, 0.4) is 0 Å². The number of ether oxygens (including phenoxy) is 2. The summed E-state index contributed by atoms with van der Waals surface area (Å²) in [5.41, 5.74) is 0. The van der Waals surface area contributed by atoms with E-state index in [0.29, 0.717) is 29.9 Å². The van der Waals surface area contributed by atoms with Gasteiger partial charge in [0.1, 0.15) is 6.61 Å². The molecule has 0 aliphatic carbocycles. The van der Waals surface area contributed by atoms with E-state index in [-0.39, 0.29) is 30.4 Å². The molecule has 0 aromatic rings. The normalized spacial score (nSPS) is 11.0. The van der Waals surface area contributed by atoms with Crippen molar-refractivity contribution in [2.75, 3.05) is 32.8 Å². The highest BCUT2D eigenvalue weighted by molar-refractivity contribution is 5.77. The minimum atomic E-state index is -0.0302. The van der Waals surface area contributed by atoms with Crippen LogP contribution < -0.4 is 16.0 Å². The van der Waals surface area contributed by atoms with Crippen LogP contribution in [0, 0.1) is 41.4 Å². The lowest BCUT2D eigenvalue weighted by Gasteiger charge is -2.09. The summed E-state index contributed by atoms with van der Waals surface area (Å²) in [7, 11) is 0. The predicted octanol–water partition coefficient (Wildman–Crippen LogP) is 8.99. The lowest BCUT2D eigenvalue weighted by atomic mass is 10.0. The molecule has 276 valence electrons. The van der Waals surface area contributed by atoms with Gasteiger partial charge in [-0.1, -0.05) is 111 Å². The molecule has 0 spiro atoms. The highest BCUT2D eigenvalue weighted by Gasteiger charge is 2.05. The van der Waals surface area contributed by atoms with Crippen LogP contribution in [0.15, 0.2) is 0 Å². The van der Waals surface area contributed by atoms with Crippen LogP contribution in [0.4, 0.5) is 0 Å². The standard InChI is InChI=1S/C9H19NO2.C8H17NO.C7H17N.C7H16O.C7H16/c1-7(2)5-10-9(11)6-12-8(3)4;1-6(2)5-9-8(10)7(3)4;2*1-6(2)5-8-7(3)4;1-6(2)5-7(3)4/h7-8H,5-6H2,1-4H3,(H,10,11);6-7H,5H2,1-4H3,(H,9,10);6-8H,5H2,1-4H3;6-7H,5H2,1-4H3;6-7H,5H2,1-4H3. The van der Waals surface area contributed by atoms with Crippen LogP contribution in [0.5, 0.6) is 0 Å². The number of nitrogens with one attached hydrogen (secondary N) is 3. The lowest BCUT2D eigenvalue weighted by molar-refractivity contribution is -0.127. The first-order chi connectivity index (χ1) is 20.4. The van der Waals surface area contributed by atoms with Crippen LogP contribution in [-0.4, -0.2) is 62.9 Å². The summed E-state index contributed by atoms with van der Waals surface area (Å²) in [5.74, 6) is 4.45. The van der Waals surface area contributed by atoms with Gasteiger partial charge in [-0.05, 0) is 76.2 Å². The molecule has 3 N–H and O–H groups in total. The van der Waals surface area contributed by atoms with Gasteiger partial charge in [0.25, 0.3) is 0 Å². The molecule has 2 amide bonds. The van der Waals surface area contributed by atoms with Crippen molar-refractivity contribution >= 4 is 11.8 Å². The van der Waals surface area contributed by atoms with E-state index < -0.39 is 0 Å². The fourth-order valence-electron chi connectivity index (χ4n) is 2.92. The van der Waals surface area contributed by atoms with E-state index in [9.17, 15) is 9.59 Å². The minimum absolute atomic E-state index is 0.0302. The summed E-state index contributed by atoms with van der Waals surface area (Å²) in [5, 5.41) is 8.96. The molecule has 0 aromatic heterocycles. The molecular formula is C38H85N3O4. The summed E-state index contributed by atoms with van der Waals surface area (Å²) in [4.78, 5) is 22.0. The summed E-state index contributed by atoms with van der Waals surface area (Å²) in [6.07, 6.45) is 1.87. The monoisotopic (exact) mass is 648 g/mol. The molecule has 7 heteroatoms. The molecule has 0 saturated carbocycles. The van der Waals surface area contributed by atoms with Crippen molar-refractivity contribution < 1.29 is 19.1 Å². The van der Waals surface area contributed by atoms with Crippen molar-refractivity contribution in [1.29, 1.82) is 0 Å². The van der Waals surface area contributed by atoms with E-state index in [0.717, 1.165) is 44.0 Å². The third-order valence-electron chi connectivity index (χ3n) is 5.10. The number of hydrogen-bond donors (Lipinski definition) is 3. The Morgan fingerprint density at radius 3 is 1.11 bits per heavy atom. The Kier molecular flexibility index (Phi) is 42.3. The van der Waals surface area contributed by atoms with Crippen molar-refractivity contribution in [3.63, 3.8) is 0 Å². The molecule has 0 bridgehead atoms. The zero-order valence-electron chi connectivity index (χ0n) is 34.1. The maximum absolute atomic E-state index is 11.0. The Hall–Kier alpha value is -1.18. The van der Waals surface area contributed by atoms with Crippen LogP contribution in [-0.2, 0) is 19.1 Å². The predicted molar refractivity (Wildman–Crippen MR) is 200 cm³/mol. The largest absolute Gasteiger partial charge is 0.379 e. The molecule has 0 unspecified atom stereocenters. The third-order valence-corrected chi connectivity index (χ3v) is 5.10. The number of rotatable bonds is 16. The number of carbonyl (C=O) groups is 2. The SMILES string of the molecule is CC(C)CC(C)C.CC(C)CNC(=O)C(C)C.CC(C)CNC(=O)COC(C)C.CC(C)CNC(C)C.CC(C)COC(C)C. The van der Waals surface area contributed by atoms with E-state index in [4.69, 9.17) is 9.47 Å². The quantitative estimate of drug-likeness (QED) is 0.156. The smallest absolute Gasteiger partial charge is 0.246 e.